The maximum atomic E-state index is 12.6. The van der Waals surface area contributed by atoms with Gasteiger partial charge in [0.15, 0.2) is 5.82 Å². The van der Waals surface area contributed by atoms with Crippen LogP contribution in [-0.4, -0.2) is 54.1 Å². The number of ether oxygens (including phenoxy) is 1. The first-order chi connectivity index (χ1) is 14.7. The molecule has 6 nitrogen and oxygen atoms in total. The molecular formula is C24H26N4O2. The number of para-hydroxylation sites is 1. The molecule has 2 fully saturated rings. The minimum atomic E-state index is 0.262. The molecule has 30 heavy (non-hydrogen) atoms. The largest absolute Gasteiger partial charge is 0.497 e. The Morgan fingerprint density at radius 3 is 2.37 bits per heavy atom. The van der Waals surface area contributed by atoms with Crippen molar-refractivity contribution in [2.75, 3.05) is 38.2 Å². The van der Waals surface area contributed by atoms with Crippen molar-refractivity contribution in [1.82, 2.24) is 14.9 Å². The van der Waals surface area contributed by atoms with Crippen LogP contribution in [0.3, 0.4) is 0 Å². The van der Waals surface area contributed by atoms with E-state index in [0.717, 1.165) is 67.1 Å². The number of carbonyl (C=O) groups is 1. The van der Waals surface area contributed by atoms with Crippen molar-refractivity contribution in [2.24, 2.45) is 5.92 Å². The predicted octanol–water partition coefficient (Wildman–Crippen LogP) is 3.75. The molecule has 1 amide bonds. The van der Waals surface area contributed by atoms with E-state index in [1.807, 2.05) is 47.4 Å². The fourth-order valence-corrected chi connectivity index (χ4v) is 4.22. The highest BCUT2D eigenvalue weighted by molar-refractivity contribution is 5.91. The number of benzene rings is 2. The van der Waals surface area contributed by atoms with Crippen LogP contribution in [0.1, 0.15) is 19.3 Å². The van der Waals surface area contributed by atoms with E-state index in [-0.39, 0.29) is 5.92 Å². The van der Waals surface area contributed by atoms with Gasteiger partial charge in [-0.1, -0.05) is 18.6 Å². The molecule has 1 saturated carbocycles. The zero-order chi connectivity index (χ0) is 20.5. The molecule has 6 heteroatoms. The van der Waals surface area contributed by atoms with Crippen LogP contribution < -0.4 is 9.64 Å². The number of rotatable bonds is 4. The smallest absolute Gasteiger partial charge is 0.225 e. The Balaban J connectivity index is 1.44. The third kappa shape index (κ3) is 3.47. The summed E-state index contributed by atoms with van der Waals surface area (Å²) in [5.74, 6) is 3.07. The SMILES string of the molecule is COc1ccc(-c2nc(N3CCN(C(=O)C4CCC4)CC3)c3ccccc3n2)cc1. The lowest BCUT2D eigenvalue weighted by Crippen LogP contribution is -2.51. The summed E-state index contributed by atoms with van der Waals surface area (Å²) in [4.78, 5) is 26.7. The number of amides is 1. The normalized spacial score (nSPS) is 17.1. The first-order valence-corrected chi connectivity index (χ1v) is 10.7. The molecule has 1 aliphatic carbocycles. The van der Waals surface area contributed by atoms with Gasteiger partial charge in [0.2, 0.25) is 5.91 Å². The first kappa shape index (κ1) is 18.9. The van der Waals surface area contributed by atoms with Gasteiger partial charge < -0.3 is 14.5 Å². The molecule has 0 unspecified atom stereocenters. The number of piperazine rings is 1. The summed E-state index contributed by atoms with van der Waals surface area (Å²) in [7, 11) is 1.66. The van der Waals surface area contributed by atoms with E-state index < -0.39 is 0 Å². The zero-order valence-corrected chi connectivity index (χ0v) is 17.3. The summed E-state index contributed by atoms with van der Waals surface area (Å²) >= 11 is 0. The average molecular weight is 402 g/mol. The first-order valence-electron chi connectivity index (χ1n) is 10.7. The monoisotopic (exact) mass is 402 g/mol. The van der Waals surface area contributed by atoms with Gasteiger partial charge in [0.05, 0.1) is 12.6 Å². The van der Waals surface area contributed by atoms with Crippen molar-refractivity contribution in [3.63, 3.8) is 0 Å². The summed E-state index contributed by atoms with van der Waals surface area (Å²) in [6, 6.07) is 16.0. The number of hydrogen-bond donors (Lipinski definition) is 0. The van der Waals surface area contributed by atoms with Gasteiger partial charge in [-0.25, -0.2) is 9.97 Å². The van der Waals surface area contributed by atoms with Gasteiger partial charge in [-0.3, -0.25) is 4.79 Å². The second-order valence-electron chi connectivity index (χ2n) is 8.06. The Hall–Kier alpha value is -3.15. The number of carbonyl (C=O) groups excluding carboxylic acids is 1. The van der Waals surface area contributed by atoms with Crippen LogP contribution >= 0.6 is 0 Å². The highest BCUT2D eigenvalue weighted by Crippen LogP contribution is 2.31. The molecule has 0 atom stereocenters. The Morgan fingerprint density at radius 1 is 0.967 bits per heavy atom. The Morgan fingerprint density at radius 2 is 1.70 bits per heavy atom. The van der Waals surface area contributed by atoms with Gasteiger partial charge in [-0.05, 0) is 49.2 Å². The van der Waals surface area contributed by atoms with Crippen LogP contribution in [0.2, 0.25) is 0 Å². The van der Waals surface area contributed by atoms with Gasteiger partial charge in [-0.2, -0.15) is 0 Å². The standard InChI is InChI=1S/C24H26N4O2/c1-30-19-11-9-17(10-12-19)22-25-21-8-3-2-7-20(21)23(26-22)27-13-15-28(16-14-27)24(29)18-5-4-6-18/h2-3,7-12,18H,4-6,13-16H2,1H3. The van der Waals surface area contributed by atoms with Crippen LogP contribution in [0, 0.1) is 5.92 Å². The molecule has 3 aromatic rings. The molecule has 0 radical (unpaired) electrons. The third-order valence-electron chi connectivity index (χ3n) is 6.28. The Bertz CT molecular complexity index is 1050. The summed E-state index contributed by atoms with van der Waals surface area (Å²) in [6.07, 6.45) is 3.30. The predicted molar refractivity (Wildman–Crippen MR) is 118 cm³/mol. The van der Waals surface area contributed by atoms with E-state index in [4.69, 9.17) is 14.7 Å². The summed E-state index contributed by atoms with van der Waals surface area (Å²) in [6.45, 7) is 3.10. The van der Waals surface area contributed by atoms with Gasteiger partial charge in [-0.15, -0.1) is 0 Å². The Labute approximate surface area is 176 Å². The number of nitrogens with zero attached hydrogens (tertiary/aromatic N) is 4. The van der Waals surface area contributed by atoms with Crippen LogP contribution in [0.5, 0.6) is 5.75 Å². The minimum absolute atomic E-state index is 0.262. The molecule has 1 aromatic heterocycles. The lowest BCUT2D eigenvalue weighted by molar-refractivity contribution is -0.138. The molecule has 0 bridgehead atoms. The van der Waals surface area contributed by atoms with Crippen LogP contribution in [0.25, 0.3) is 22.3 Å². The van der Waals surface area contributed by atoms with Crippen LogP contribution in [0.15, 0.2) is 48.5 Å². The second kappa shape index (κ2) is 7.94. The summed E-state index contributed by atoms with van der Waals surface area (Å²) in [5, 5.41) is 1.05. The zero-order valence-electron chi connectivity index (χ0n) is 17.3. The number of anilines is 1. The summed E-state index contributed by atoms with van der Waals surface area (Å²) < 4.78 is 5.27. The van der Waals surface area contributed by atoms with Crippen molar-refractivity contribution in [2.45, 2.75) is 19.3 Å². The average Bonchev–Trinajstić information content (AvgIpc) is 2.77. The molecule has 0 N–H and O–H groups in total. The van der Waals surface area contributed by atoms with Crippen molar-refractivity contribution in [3.05, 3.63) is 48.5 Å². The molecule has 154 valence electrons. The highest BCUT2D eigenvalue weighted by Gasteiger charge is 2.31. The van der Waals surface area contributed by atoms with Crippen LogP contribution in [-0.2, 0) is 4.79 Å². The van der Waals surface area contributed by atoms with Crippen LogP contribution in [0.4, 0.5) is 5.82 Å². The molecule has 2 aromatic carbocycles. The minimum Gasteiger partial charge on any atom is -0.497 e. The van der Waals surface area contributed by atoms with Crippen molar-refractivity contribution in [1.29, 1.82) is 0 Å². The fraction of sp³-hybridized carbons (Fsp3) is 0.375. The molecule has 5 rings (SSSR count). The van der Waals surface area contributed by atoms with Gasteiger partial charge in [0.25, 0.3) is 0 Å². The topological polar surface area (TPSA) is 58.6 Å². The number of hydrogen-bond acceptors (Lipinski definition) is 5. The maximum Gasteiger partial charge on any atom is 0.225 e. The molecule has 2 aliphatic rings. The van der Waals surface area contributed by atoms with E-state index in [2.05, 4.69) is 11.0 Å². The third-order valence-corrected chi connectivity index (χ3v) is 6.28. The van der Waals surface area contributed by atoms with E-state index in [0.29, 0.717) is 11.7 Å². The van der Waals surface area contributed by atoms with E-state index >= 15 is 0 Å². The van der Waals surface area contributed by atoms with E-state index in [9.17, 15) is 4.79 Å². The fourth-order valence-electron chi connectivity index (χ4n) is 4.22. The summed E-state index contributed by atoms with van der Waals surface area (Å²) in [5.41, 5.74) is 1.89. The van der Waals surface area contributed by atoms with E-state index in [1.165, 1.54) is 6.42 Å². The number of methoxy groups -OCH3 is 1. The maximum absolute atomic E-state index is 12.6. The lowest BCUT2D eigenvalue weighted by atomic mass is 9.84. The molecule has 1 saturated heterocycles. The van der Waals surface area contributed by atoms with Gasteiger partial charge >= 0.3 is 0 Å². The van der Waals surface area contributed by atoms with Crippen molar-refractivity contribution in [3.8, 4) is 17.1 Å². The second-order valence-corrected chi connectivity index (χ2v) is 8.06. The number of aromatic nitrogens is 2. The number of fused-ring (bicyclic) bond motifs is 1. The highest BCUT2D eigenvalue weighted by atomic mass is 16.5. The molecule has 0 spiro atoms. The van der Waals surface area contributed by atoms with Crippen molar-refractivity contribution < 1.29 is 9.53 Å². The quantitative estimate of drug-likeness (QED) is 0.665. The Kier molecular flexibility index (Phi) is 4.99. The van der Waals surface area contributed by atoms with Gasteiger partial charge in [0.1, 0.15) is 11.6 Å². The molecule has 1 aliphatic heterocycles. The van der Waals surface area contributed by atoms with E-state index in [1.54, 1.807) is 7.11 Å². The van der Waals surface area contributed by atoms with Crippen molar-refractivity contribution >= 4 is 22.6 Å². The lowest BCUT2D eigenvalue weighted by Gasteiger charge is -2.39. The van der Waals surface area contributed by atoms with Gasteiger partial charge in [0, 0.05) is 43.0 Å². The molecule has 2 heterocycles. The molecular weight excluding hydrogens is 376 g/mol.